The van der Waals surface area contributed by atoms with Crippen LogP contribution in [0.3, 0.4) is 0 Å². The summed E-state index contributed by atoms with van der Waals surface area (Å²) in [5.41, 5.74) is 0. The summed E-state index contributed by atoms with van der Waals surface area (Å²) in [7, 11) is 0. The van der Waals surface area contributed by atoms with Crippen molar-refractivity contribution >= 4 is 17.9 Å². The first-order valence-corrected chi connectivity index (χ1v) is 35.8. The maximum Gasteiger partial charge on any atom is 0.306 e. The average molecular weight is 1130 g/mol. The maximum absolute atomic E-state index is 12.9. The summed E-state index contributed by atoms with van der Waals surface area (Å²) in [6.45, 7) is 6.65. The predicted molar refractivity (Wildman–Crippen MR) is 353 cm³/mol. The Morgan fingerprint density at radius 3 is 0.728 bits per heavy atom. The van der Waals surface area contributed by atoms with E-state index in [4.69, 9.17) is 14.2 Å². The Kier molecular flexibility index (Phi) is 67.1. The van der Waals surface area contributed by atoms with Gasteiger partial charge in [0.05, 0.1) is 0 Å². The van der Waals surface area contributed by atoms with E-state index in [9.17, 15) is 14.4 Å². The van der Waals surface area contributed by atoms with Gasteiger partial charge in [0.25, 0.3) is 0 Å². The number of rotatable bonds is 66. The highest BCUT2D eigenvalue weighted by Crippen LogP contribution is 2.18. The Morgan fingerprint density at radius 1 is 0.247 bits per heavy atom. The highest BCUT2D eigenvalue weighted by molar-refractivity contribution is 5.71. The molecule has 0 spiro atoms. The first kappa shape index (κ1) is 78.1. The van der Waals surface area contributed by atoms with Gasteiger partial charge < -0.3 is 14.2 Å². The molecule has 0 amide bonds. The van der Waals surface area contributed by atoms with Crippen molar-refractivity contribution in [2.75, 3.05) is 13.2 Å². The van der Waals surface area contributed by atoms with Gasteiger partial charge in [0.1, 0.15) is 13.2 Å². The molecule has 6 heteroatoms. The Hall–Kier alpha value is -2.89. The van der Waals surface area contributed by atoms with Crippen LogP contribution in [0.2, 0.25) is 0 Å². The lowest BCUT2D eigenvalue weighted by atomic mass is 10.0. The molecule has 0 radical (unpaired) electrons. The lowest BCUT2D eigenvalue weighted by molar-refractivity contribution is -0.167. The van der Waals surface area contributed by atoms with E-state index in [1.807, 2.05) is 0 Å². The lowest BCUT2D eigenvalue weighted by Crippen LogP contribution is -2.30. The molecule has 0 aromatic carbocycles. The van der Waals surface area contributed by atoms with Crippen molar-refractivity contribution in [2.45, 2.75) is 386 Å². The molecule has 472 valence electrons. The number of esters is 3. The van der Waals surface area contributed by atoms with Crippen molar-refractivity contribution in [2.24, 2.45) is 0 Å². The van der Waals surface area contributed by atoms with Crippen LogP contribution < -0.4 is 0 Å². The van der Waals surface area contributed by atoms with E-state index in [0.29, 0.717) is 19.3 Å². The number of allylic oxidation sites excluding steroid dienone is 10. The quantitative estimate of drug-likeness (QED) is 0.0261. The van der Waals surface area contributed by atoms with Crippen LogP contribution in [0.5, 0.6) is 0 Å². The molecule has 0 fully saturated rings. The Bertz CT molecular complexity index is 1440. The van der Waals surface area contributed by atoms with Gasteiger partial charge in [-0.3, -0.25) is 14.4 Å². The SMILES string of the molecule is CCCCC/C=C\C/C=C\C/C=C\CCCCCCCCC(=O)OC(COC(=O)CCCCCCC/C=C\CCCCCCCC)COC(=O)CCCCCCCCCCCCCCCCCCC/C=C\CCCCCCCCCC. The smallest absolute Gasteiger partial charge is 0.306 e. The van der Waals surface area contributed by atoms with Crippen molar-refractivity contribution < 1.29 is 28.6 Å². The molecule has 1 atom stereocenters. The number of carbonyl (C=O) groups is 3. The minimum absolute atomic E-state index is 0.0791. The van der Waals surface area contributed by atoms with E-state index in [-0.39, 0.29) is 31.1 Å². The molecule has 0 N–H and O–H groups in total. The Morgan fingerprint density at radius 2 is 0.444 bits per heavy atom. The van der Waals surface area contributed by atoms with Crippen molar-refractivity contribution in [1.82, 2.24) is 0 Å². The van der Waals surface area contributed by atoms with Gasteiger partial charge in [0.15, 0.2) is 6.10 Å². The molecule has 0 saturated carbocycles. The minimum atomic E-state index is -0.785. The third-order valence-corrected chi connectivity index (χ3v) is 16.0. The Balaban J connectivity index is 4.25. The topological polar surface area (TPSA) is 78.9 Å². The van der Waals surface area contributed by atoms with Crippen molar-refractivity contribution in [3.8, 4) is 0 Å². The predicted octanol–water partition coefficient (Wildman–Crippen LogP) is 24.7. The molecule has 0 bridgehead atoms. The summed E-state index contributed by atoms with van der Waals surface area (Å²) >= 11 is 0. The standard InChI is InChI=1S/C75H136O6/c1-4-7-10-13-16-19-22-25-28-30-32-33-34-35-36-37-38-39-40-41-43-44-47-50-53-56-59-62-65-68-74(77)80-71-72(70-79-73(76)67-64-61-58-55-52-49-46-27-24-21-18-15-12-9-6-3)81-75(78)69-66-63-60-57-54-51-48-45-42-31-29-26-23-20-17-14-11-8-5-2/h17,20,26-27,29-30,32,42,45-46,72H,4-16,18-19,21-25,28,31,33-41,43-44,47-71H2,1-3H3/b20-17-,29-26-,32-30-,45-42-,46-27-. The molecule has 0 aromatic rings. The van der Waals surface area contributed by atoms with E-state index in [0.717, 1.165) is 89.9 Å². The Labute approximate surface area is 504 Å². The molecule has 81 heavy (non-hydrogen) atoms. The van der Waals surface area contributed by atoms with Crippen molar-refractivity contribution in [1.29, 1.82) is 0 Å². The second-order valence-electron chi connectivity index (χ2n) is 24.1. The van der Waals surface area contributed by atoms with Gasteiger partial charge in [-0.1, -0.05) is 313 Å². The van der Waals surface area contributed by atoms with Crippen LogP contribution in [-0.2, 0) is 28.6 Å². The highest BCUT2D eigenvalue weighted by Gasteiger charge is 2.19. The fourth-order valence-electron chi connectivity index (χ4n) is 10.6. The van der Waals surface area contributed by atoms with E-state index < -0.39 is 6.10 Å². The minimum Gasteiger partial charge on any atom is -0.462 e. The normalized spacial score (nSPS) is 12.4. The zero-order valence-corrected chi connectivity index (χ0v) is 54.3. The fourth-order valence-corrected chi connectivity index (χ4v) is 10.6. The average Bonchev–Trinajstić information content (AvgIpc) is 3.47. The molecule has 0 rings (SSSR count). The first-order chi connectivity index (χ1) is 40.0. The summed E-state index contributed by atoms with van der Waals surface area (Å²) in [4.78, 5) is 38.4. The van der Waals surface area contributed by atoms with E-state index in [2.05, 4.69) is 81.5 Å². The molecular weight excluding hydrogens is 997 g/mol. The maximum atomic E-state index is 12.9. The van der Waals surface area contributed by atoms with Gasteiger partial charge >= 0.3 is 17.9 Å². The molecule has 1 unspecified atom stereocenters. The van der Waals surface area contributed by atoms with Gasteiger partial charge in [-0.05, 0) is 109 Å². The monoisotopic (exact) mass is 1130 g/mol. The van der Waals surface area contributed by atoms with Crippen LogP contribution in [-0.4, -0.2) is 37.2 Å². The largest absolute Gasteiger partial charge is 0.462 e. The van der Waals surface area contributed by atoms with Crippen LogP contribution >= 0.6 is 0 Å². The summed E-state index contributed by atoms with van der Waals surface area (Å²) < 4.78 is 17.0. The van der Waals surface area contributed by atoms with Crippen molar-refractivity contribution in [3.63, 3.8) is 0 Å². The number of ether oxygens (including phenoxy) is 3. The van der Waals surface area contributed by atoms with Gasteiger partial charge in [0.2, 0.25) is 0 Å². The van der Waals surface area contributed by atoms with E-state index in [1.165, 1.54) is 250 Å². The lowest BCUT2D eigenvalue weighted by Gasteiger charge is -2.18. The van der Waals surface area contributed by atoms with Gasteiger partial charge in [0, 0.05) is 19.3 Å². The van der Waals surface area contributed by atoms with Gasteiger partial charge in [-0.25, -0.2) is 0 Å². The second-order valence-corrected chi connectivity index (χ2v) is 24.1. The third kappa shape index (κ3) is 67.8. The fraction of sp³-hybridized carbons (Fsp3) is 0.827. The van der Waals surface area contributed by atoms with Gasteiger partial charge in [-0.15, -0.1) is 0 Å². The van der Waals surface area contributed by atoms with Crippen LogP contribution in [0.15, 0.2) is 60.8 Å². The number of hydrogen-bond donors (Lipinski definition) is 0. The second kappa shape index (κ2) is 69.6. The summed E-state index contributed by atoms with van der Waals surface area (Å²) in [6, 6.07) is 0. The zero-order chi connectivity index (χ0) is 58.5. The highest BCUT2D eigenvalue weighted by atomic mass is 16.6. The molecule has 0 aliphatic carbocycles. The molecule has 0 heterocycles. The van der Waals surface area contributed by atoms with E-state index in [1.54, 1.807) is 0 Å². The summed E-state index contributed by atoms with van der Waals surface area (Å²) in [6.07, 6.45) is 89.7. The number of unbranched alkanes of at least 4 members (excludes halogenated alkanes) is 45. The van der Waals surface area contributed by atoms with Crippen LogP contribution in [0.1, 0.15) is 380 Å². The van der Waals surface area contributed by atoms with Gasteiger partial charge in [-0.2, -0.15) is 0 Å². The number of hydrogen-bond acceptors (Lipinski definition) is 6. The first-order valence-electron chi connectivity index (χ1n) is 35.8. The van der Waals surface area contributed by atoms with Crippen LogP contribution in [0.4, 0.5) is 0 Å². The van der Waals surface area contributed by atoms with Crippen LogP contribution in [0.25, 0.3) is 0 Å². The third-order valence-electron chi connectivity index (χ3n) is 16.0. The molecule has 6 nitrogen and oxygen atoms in total. The molecule has 0 saturated heterocycles. The number of carbonyl (C=O) groups excluding carboxylic acids is 3. The molecule has 0 aliphatic rings. The molecule has 0 aliphatic heterocycles. The molecular formula is C75H136O6. The van der Waals surface area contributed by atoms with E-state index >= 15 is 0 Å². The summed E-state index contributed by atoms with van der Waals surface area (Å²) in [5, 5.41) is 0. The van der Waals surface area contributed by atoms with Crippen molar-refractivity contribution in [3.05, 3.63) is 60.8 Å². The summed E-state index contributed by atoms with van der Waals surface area (Å²) in [5.74, 6) is -0.878. The molecule has 0 aromatic heterocycles. The van der Waals surface area contributed by atoms with Crippen LogP contribution in [0, 0.1) is 0 Å². The zero-order valence-electron chi connectivity index (χ0n) is 54.3.